The van der Waals surface area contributed by atoms with E-state index in [2.05, 4.69) is 11.8 Å². The molecule has 4 nitrogen and oxygen atoms in total. The molecule has 0 saturated carbocycles. The van der Waals surface area contributed by atoms with E-state index in [-0.39, 0.29) is 16.6 Å². The SMILES string of the molecule is CCC1CN(CCOc2ccc(C3Oc4cc(Cl)c(O)cc4C(C)=C3c3ccc(F)cc3)cc2)C1. The molecule has 0 radical (unpaired) electrons. The molecular formula is C29H29ClFNO3. The maximum absolute atomic E-state index is 13.7. The van der Waals surface area contributed by atoms with Crippen LogP contribution in [0.1, 0.15) is 43.1 Å². The van der Waals surface area contributed by atoms with E-state index >= 15 is 0 Å². The first kappa shape index (κ1) is 23.7. The van der Waals surface area contributed by atoms with Crippen molar-refractivity contribution < 1.29 is 19.0 Å². The molecule has 1 saturated heterocycles. The van der Waals surface area contributed by atoms with Crippen molar-refractivity contribution in [2.75, 3.05) is 26.2 Å². The number of likely N-dealkylation sites (tertiary alicyclic amines) is 1. The van der Waals surface area contributed by atoms with Crippen molar-refractivity contribution in [3.8, 4) is 17.2 Å². The second-order valence-corrected chi connectivity index (χ2v) is 9.70. The summed E-state index contributed by atoms with van der Waals surface area (Å²) in [6.45, 7) is 8.15. The standard InChI is InChI=1S/C29H29ClFNO3/c1-3-19-16-32(17-19)12-13-34-23-10-6-21(7-11-23)29-28(20-4-8-22(31)9-5-20)18(2)24-14-26(33)25(30)15-27(24)35-29/h4-11,14-15,19,29,33H,3,12-13,16-17H2,1-2H3. The highest BCUT2D eigenvalue weighted by molar-refractivity contribution is 6.32. The van der Waals surface area contributed by atoms with E-state index in [1.807, 2.05) is 31.2 Å². The lowest BCUT2D eigenvalue weighted by molar-refractivity contribution is 0.0806. The Balaban J connectivity index is 1.39. The molecule has 182 valence electrons. The largest absolute Gasteiger partial charge is 0.506 e. The minimum absolute atomic E-state index is 0.00443. The number of hydrogen-bond donors (Lipinski definition) is 1. The Kier molecular flexibility index (Phi) is 6.72. The number of phenolic OH excluding ortho intramolecular Hbond substituents is 1. The summed E-state index contributed by atoms with van der Waals surface area (Å²) >= 11 is 6.17. The van der Waals surface area contributed by atoms with E-state index in [0.29, 0.717) is 12.4 Å². The molecule has 1 N–H and O–H groups in total. The number of benzene rings is 3. The summed E-state index contributed by atoms with van der Waals surface area (Å²) in [4.78, 5) is 2.42. The van der Waals surface area contributed by atoms with Crippen LogP contribution >= 0.6 is 11.6 Å². The number of rotatable bonds is 7. The molecule has 0 bridgehead atoms. The van der Waals surface area contributed by atoms with Crippen molar-refractivity contribution in [1.82, 2.24) is 4.90 Å². The van der Waals surface area contributed by atoms with Crippen LogP contribution in [-0.4, -0.2) is 36.2 Å². The summed E-state index contributed by atoms with van der Waals surface area (Å²) in [5.74, 6) is 1.95. The normalized spacial score (nSPS) is 18.1. The molecule has 0 amide bonds. The van der Waals surface area contributed by atoms with E-state index in [1.54, 1.807) is 24.3 Å². The average Bonchev–Trinajstić information content (AvgIpc) is 2.83. The van der Waals surface area contributed by atoms with Gasteiger partial charge in [0.25, 0.3) is 0 Å². The van der Waals surface area contributed by atoms with Gasteiger partial charge in [-0.25, -0.2) is 4.39 Å². The zero-order valence-corrected chi connectivity index (χ0v) is 20.7. The quantitative estimate of drug-likeness (QED) is 0.386. The van der Waals surface area contributed by atoms with Crippen LogP contribution in [0.2, 0.25) is 5.02 Å². The van der Waals surface area contributed by atoms with Gasteiger partial charge in [0.15, 0.2) is 0 Å². The summed E-state index contributed by atoms with van der Waals surface area (Å²) in [6, 6.07) is 17.6. The van der Waals surface area contributed by atoms with Crippen LogP contribution in [0.15, 0.2) is 60.7 Å². The predicted octanol–water partition coefficient (Wildman–Crippen LogP) is 6.97. The minimum Gasteiger partial charge on any atom is -0.506 e. The molecule has 0 aromatic heterocycles. The lowest BCUT2D eigenvalue weighted by atomic mass is 9.86. The van der Waals surface area contributed by atoms with Crippen LogP contribution in [0.5, 0.6) is 17.2 Å². The molecule has 1 fully saturated rings. The summed E-state index contributed by atoms with van der Waals surface area (Å²) < 4.78 is 26.1. The van der Waals surface area contributed by atoms with Gasteiger partial charge >= 0.3 is 0 Å². The molecule has 0 aliphatic carbocycles. The fourth-order valence-electron chi connectivity index (χ4n) is 4.84. The van der Waals surface area contributed by atoms with E-state index < -0.39 is 6.10 Å². The number of halogens is 2. The third kappa shape index (κ3) is 4.89. The monoisotopic (exact) mass is 493 g/mol. The molecular weight excluding hydrogens is 465 g/mol. The van der Waals surface area contributed by atoms with Crippen LogP contribution in [0.25, 0.3) is 11.1 Å². The predicted molar refractivity (Wildman–Crippen MR) is 138 cm³/mol. The van der Waals surface area contributed by atoms with Crippen molar-refractivity contribution in [2.24, 2.45) is 5.92 Å². The van der Waals surface area contributed by atoms with Crippen molar-refractivity contribution in [2.45, 2.75) is 26.4 Å². The number of aromatic hydroxyl groups is 1. The van der Waals surface area contributed by atoms with E-state index in [9.17, 15) is 9.50 Å². The highest BCUT2D eigenvalue weighted by Gasteiger charge is 2.30. The van der Waals surface area contributed by atoms with Crippen LogP contribution in [0.3, 0.4) is 0 Å². The molecule has 2 heterocycles. The third-order valence-corrected chi connectivity index (χ3v) is 7.29. The Morgan fingerprint density at radius 3 is 2.49 bits per heavy atom. The molecule has 3 aromatic carbocycles. The molecule has 2 aliphatic heterocycles. The highest BCUT2D eigenvalue weighted by Crippen LogP contribution is 2.48. The fourth-order valence-corrected chi connectivity index (χ4v) is 5.00. The number of phenols is 1. The summed E-state index contributed by atoms with van der Waals surface area (Å²) in [7, 11) is 0. The van der Waals surface area contributed by atoms with Crippen LogP contribution in [0, 0.1) is 11.7 Å². The molecule has 0 spiro atoms. The summed E-state index contributed by atoms with van der Waals surface area (Å²) in [6.07, 6.45) is 0.822. The highest BCUT2D eigenvalue weighted by atomic mass is 35.5. The van der Waals surface area contributed by atoms with Crippen molar-refractivity contribution in [1.29, 1.82) is 0 Å². The second kappa shape index (κ2) is 9.92. The zero-order valence-electron chi connectivity index (χ0n) is 19.9. The Labute approximate surface area is 210 Å². The second-order valence-electron chi connectivity index (χ2n) is 9.29. The first-order chi connectivity index (χ1) is 16.9. The smallest absolute Gasteiger partial charge is 0.150 e. The van der Waals surface area contributed by atoms with Gasteiger partial charge < -0.3 is 14.6 Å². The van der Waals surface area contributed by atoms with Crippen LogP contribution in [0.4, 0.5) is 4.39 Å². The van der Waals surface area contributed by atoms with Gasteiger partial charge in [-0.15, -0.1) is 0 Å². The van der Waals surface area contributed by atoms with Gasteiger partial charge in [-0.1, -0.05) is 49.2 Å². The lowest BCUT2D eigenvalue weighted by Gasteiger charge is -2.38. The van der Waals surface area contributed by atoms with Gasteiger partial charge in [0.05, 0.1) is 5.02 Å². The van der Waals surface area contributed by atoms with Crippen molar-refractivity contribution in [3.63, 3.8) is 0 Å². The lowest BCUT2D eigenvalue weighted by Crippen LogP contribution is -2.47. The first-order valence-electron chi connectivity index (χ1n) is 12.0. The van der Waals surface area contributed by atoms with Gasteiger partial charge in [0.1, 0.15) is 35.8 Å². The van der Waals surface area contributed by atoms with E-state index in [0.717, 1.165) is 46.0 Å². The van der Waals surface area contributed by atoms with Gasteiger partial charge in [0.2, 0.25) is 0 Å². The van der Waals surface area contributed by atoms with Gasteiger partial charge in [0, 0.05) is 36.8 Å². The van der Waals surface area contributed by atoms with E-state index in [1.165, 1.54) is 31.6 Å². The minimum atomic E-state index is -0.422. The number of nitrogens with zero attached hydrogens (tertiary/aromatic N) is 1. The number of hydrogen-bond acceptors (Lipinski definition) is 4. The average molecular weight is 494 g/mol. The van der Waals surface area contributed by atoms with Gasteiger partial charge in [-0.05, 0) is 59.9 Å². The van der Waals surface area contributed by atoms with Crippen molar-refractivity contribution in [3.05, 3.63) is 88.2 Å². The molecule has 1 atom stereocenters. The van der Waals surface area contributed by atoms with Crippen LogP contribution < -0.4 is 9.47 Å². The molecule has 6 heteroatoms. The number of allylic oxidation sites excluding steroid dienone is 1. The molecule has 35 heavy (non-hydrogen) atoms. The fraction of sp³-hybridized carbons (Fsp3) is 0.310. The summed E-state index contributed by atoms with van der Waals surface area (Å²) in [5, 5.41) is 10.4. The molecule has 3 aromatic rings. The first-order valence-corrected chi connectivity index (χ1v) is 12.4. The third-order valence-electron chi connectivity index (χ3n) is 6.99. The summed E-state index contributed by atoms with van der Waals surface area (Å²) in [5.41, 5.74) is 4.42. The maximum atomic E-state index is 13.7. The topological polar surface area (TPSA) is 41.9 Å². The Hall–Kier alpha value is -3.02. The number of ether oxygens (including phenoxy) is 2. The molecule has 1 unspecified atom stereocenters. The Morgan fingerprint density at radius 2 is 1.80 bits per heavy atom. The maximum Gasteiger partial charge on any atom is 0.150 e. The van der Waals surface area contributed by atoms with Crippen LogP contribution in [-0.2, 0) is 0 Å². The van der Waals surface area contributed by atoms with Gasteiger partial charge in [-0.2, -0.15) is 0 Å². The molecule has 5 rings (SSSR count). The Bertz CT molecular complexity index is 1230. The number of fused-ring (bicyclic) bond motifs is 1. The molecule has 2 aliphatic rings. The van der Waals surface area contributed by atoms with E-state index in [4.69, 9.17) is 21.1 Å². The zero-order chi connectivity index (χ0) is 24.5. The van der Waals surface area contributed by atoms with Gasteiger partial charge in [-0.3, -0.25) is 4.90 Å². The Morgan fingerprint density at radius 1 is 1.09 bits per heavy atom. The van der Waals surface area contributed by atoms with Crippen molar-refractivity contribution >= 4 is 22.7 Å².